The van der Waals surface area contributed by atoms with E-state index in [9.17, 15) is 9.59 Å². The molecule has 0 aromatic carbocycles. The molecule has 0 N–H and O–H groups in total. The summed E-state index contributed by atoms with van der Waals surface area (Å²) >= 11 is 0. The molecule has 5 nitrogen and oxygen atoms in total. The Morgan fingerprint density at radius 1 is 0.317 bits per heavy atom. The predicted octanol–water partition coefficient (Wildman–Crippen LogP) is 12.4. The van der Waals surface area contributed by atoms with Crippen LogP contribution in [0.1, 0.15) is 219 Å². The van der Waals surface area contributed by atoms with Crippen LogP contribution in [0.15, 0.2) is 0 Å². The molecule has 0 heterocycles. The van der Waals surface area contributed by atoms with Crippen molar-refractivity contribution in [2.24, 2.45) is 0 Å². The lowest BCUT2D eigenvalue weighted by atomic mass is 10.0. The first-order chi connectivity index (χ1) is 20.2. The van der Waals surface area contributed by atoms with E-state index in [1.54, 1.807) is 0 Å². The molecule has 0 fully saturated rings. The van der Waals surface area contributed by atoms with E-state index in [-0.39, 0.29) is 0 Å². The van der Waals surface area contributed by atoms with Crippen LogP contribution in [0.3, 0.4) is 0 Å². The summed E-state index contributed by atoms with van der Waals surface area (Å²) in [7, 11) is 0. The van der Waals surface area contributed by atoms with Gasteiger partial charge in [0.05, 0.1) is 0 Å². The molecule has 0 aromatic heterocycles. The van der Waals surface area contributed by atoms with E-state index in [0.717, 1.165) is 38.5 Å². The summed E-state index contributed by atoms with van der Waals surface area (Å²) in [4.78, 5) is 32.6. The van der Waals surface area contributed by atoms with Crippen molar-refractivity contribution < 1.29 is 24.4 Å². The summed E-state index contributed by atoms with van der Waals surface area (Å²) in [6, 6.07) is 0. The van der Waals surface area contributed by atoms with E-state index in [0.29, 0.717) is 12.8 Å². The van der Waals surface area contributed by atoms with Crippen molar-refractivity contribution >= 4 is 11.9 Å². The number of carbonyl (C=O) groups is 2. The maximum Gasteiger partial charge on any atom is 0.346 e. The van der Waals surface area contributed by atoms with Gasteiger partial charge in [-0.25, -0.2) is 9.59 Å². The van der Waals surface area contributed by atoms with Gasteiger partial charge in [-0.3, -0.25) is 9.78 Å². The first kappa shape index (κ1) is 39.9. The Labute approximate surface area is 255 Å². The van der Waals surface area contributed by atoms with Gasteiger partial charge in [-0.15, -0.1) is 0 Å². The van der Waals surface area contributed by atoms with Gasteiger partial charge in [0, 0.05) is 17.9 Å². The van der Waals surface area contributed by atoms with Crippen LogP contribution >= 0.6 is 0 Å². The Morgan fingerprint density at radius 2 is 0.512 bits per heavy atom. The van der Waals surface area contributed by atoms with Crippen molar-refractivity contribution in [3.05, 3.63) is 0 Å². The van der Waals surface area contributed by atoms with Gasteiger partial charge in [-0.05, 0) is 12.8 Å². The van der Waals surface area contributed by atoms with Crippen molar-refractivity contribution in [1.29, 1.82) is 0 Å². The van der Waals surface area contributed by atoms with Gasteiger partial charge in [-0.2, -0.15) is 0 Å². The van der Waals surface area contributed by atoms with Crippen LogP contribution in [-0.2, 0) is 24.4 Å². The normalized spacial score (nSPS) is 11.2. The monoisotopic (exact) mass is 583 g/mol. The van der Waals surface area contributed by atoms with E-state index >= 15 is 0 Å². The van der Waals surface area contributed by atoms with E-state index in [1.165, 1.54) is 154 Å². The Morgan fingerprint density at radius 3 is 0.732 bits per heavy atom. The lowest BCUT2D eigenvalue weighted by molar-refractivity contribution is -0.459. The Hall–Kier alpha value is -1.10. The second-order valence-corrected chi connectivity index (χ2v) is 12.4. The third-order valence-corrected chi connectivity index (χ3v) is 8.22. The molecule has 0 rings (SSSR count). The smallest absolute Gasteiger partial charge is 0.260 e. The minimum atomic E-state index is -0.473. The molecule has 0 aliphatic rings. The first-order valence-corrected chi connectivity index (χ1v) is 18.3. The van der Waals surface area contributed by atoms with Crippen LogP contribution in [0.25, 0.3) is 0 Å². The molecule has 0 bridgehead atoms. The van der Waals surface area contributed by atoms with Gasteiger partial charge in [0.2, 0.25) is 0 Å². The fraction of sp³-hybridized carbons (Fsp3) is 0.944. The SMILES string of the molecule is CCCCCCCCCCCCCCCCCC(=O)OOOC(=O)CCCCCCCCCCCCCCCCC. The maximum atomic E-state index is 11.7. The molecule has 41 heavy (non-hydrogen) atoms. The van der Waals surface area contributed by atoms with Crippen LogP contribution < -0.4 is 0 Å². The summed E-state index contributed by atoms with van der Waals surface area (Å²) in [6.45, 7) is 4.54. The quantitative estimate of drug-likeness (QED) is 0.0429. The van der Waals surface area contributed by atoms with E-state index in [1.807, 2.05) is 0 Å². The summed E-state index contributed by atoms with van der Waals surface area (Å²) in [5.74, 6) is -0.945. The first-order valence-electron chi connectivity index (χ1n) is 18.3. The third kappa shape index (κ3) is 35.0. The zero-order chi connectivity index (χ0) is 29.9. The summed E-state index contributed by atoms with van der Waals surface area (Å²) < 4.78 is 0. The molecule has 0 aliphatic heterocycles. The van der Waals surface area contributed by atoms with Gasteiger partial charge in [0.25, 0.3) is 0 Å². The standard InChI is InChI=1S/C36H70O5/c1-3-5-7-9-11-13-15-17-19-21-23-25-27-29-31-33-35(37)39-41-40-36(38)34-32-30-28-26-24-22-20-18-16-14-12-10-8-6-4-2/h3-34H2,1-2H3. The van der Waals surface area contributed by atoms with Gasteiger partial charge in [-0.1, -0.05) is 194 Å². The highest BCUT2D eigenvalue weighted by atomic mass is 17.5. The lowest BCUT2D eigenvalue weighted by Gasteiger charge is -2.04. The second-order valence-electron chi connectivity index (χ2n) is 12.4. The molecule has 0 amide bonds. The molecule has 0 saturated carbocycles. The van der Waals surface area contributed by atoms with Crippen LogP contribution in [0.2, 0.25) is 0 Å². The van der Waals surface area contributed by atoms with Crippen molar-refractivity contribution in [2.45, 2.75) is 219 Å². The molecule has 5 heteroatoms. The van der Waals surface area contributed by atoms with Crippen molar-refractivity contribution in [3.63, 3.8) is 0 Å². The molecule has 0 unspecified atom stereocenters. The van der Waals surface area contributed by atoms with Crippen LogP contribution in [0.4, 0.5) is 0 Å². The zero-order valence-electron chi connectivity index (χ0n) is 27.7. The Bertz CT molecular complexity index is 490. The number of rotatable bonds is 34. The fourth-order valence-corrected chi connectivity index (χ4v) is 5.46. The average Bonchev–Trinajstić information content (AvgIpc) is 2.97. The zero-order valence-corrected chi connectivity index (χ0v) is 27.7. The van der Waals surface area contributed by atoms with Gasteiger partial charge in [0.15, 0.2) is 0 Å². The van der Waals surface area contributed by atoms with Gasteiger partial charge >= 0.3 is 11.9 Å². The molecular formula is C36H70O5. The molecule has 0 saturated heterocycles. The molecule has 244 valence electrons. The summed E-state index contributed by atoms with van der Waals surface area (Å²) in [5, 5.41) is 4.41. The topological polar surface area (TPSA) is 61.8 Å². The summed E-state index contributed by atoms with van der Waals surface area (Å²) in [6.07, 6.45) is 39.2. The molecule has 0 aliphatic carbocycles. The number of carbonyl (C=O) groups excluding carboxylic acids is 2. The largest absolute Gasteiger partial charge is 0.346 e. The highest BCUT2D eigenvalue weighted by Gasteiger charge is 2.09. The van der Waals surface area contributed by atoms with Gasteiger partial charge in [0.1, 0.15) is 0 Å². The van der Waals surface area contributed by atoms with E-state index < -0.39 is 11.9 Å². The third-order valence-electron chi connectivity index (χ3n) is 8.22. The molecule has 0 aromatic rings. The second kappa shape index (κ2) is 35.1. The number of hydrogen-bond acceptors (Lipinski definition) is 5. The highest BCUT2D eigenvalue weighted by Crippen LogP contribution is 2.15. The summed E-state index contributed by atoms with van der Waals surface area (Å²) in [5.41, 5.74) is 0. The predicted molar refractivity (Wildman–Crippen MR) is 172 cm³/mol. The molecular weight excluding hydrogens is 512 g/mol. The van der Waals surface area contributed by atoms with Crippen LogP contribution in [-0.4, -0.2) is 11.9 Å². The number of hydrogen-bond donors (Lipinski definition) is 0. The maximum absolute atomic E-state index is 11.7. The number of unbranched alkanes of at least 4 members (excludes halogenated alkanes) is 28. The van der Waals surface area contributed by atoms with Crippen molar-refractivity contribution in [3.8, 4) is 0 Å². The van der Waals surface area contributed by atoms with E-state index in [2.05, 4.69) is 28.7 Å². The van der Waals surface area contributed by atoms with Gasteiger partial charge < -0.3 is 0 Å². The van der Waals surface area contributed by atoms with E-state index in [4.69, 9.17) is 0 Å². The minimum Gasteiger partial charge on any atom is -0.260 e. The molecule has 0 atom stereocenters. The van der Waals surface area contributed by atoms with Crippen molar-refractivity contribution in [1.82, 2.24) is 0 Å². The lowest BCUT2D eigenvalue weighted by Crippen LogP contribution is -2.10. The van der Waals surface area contributed by atoms with Crippen LogP contribution in [0.5, 0.6) is 0 Å². The minimum absolute atomic E-state index is 0.300. The average molecular weight is 583 g/mol. The molecule has 0 spiro atoms. The van der Waals surface area contributed by atoms with Crippen LogP contribution in [0, 0.1) is 0 Å². The Kier molecular flexibility index (Phi) is 34.2. The highest BCUT2D eigenvalue weighted by molar-refractivity contribution is 5.69. The molecule has 0 radical (unpaired) electrons. The Balaban J connectivity index is 3.26. The van der Waals surface area contributed by atoms with Crippen molar-refractivity contribution in [2.75, 3.05) is 0 Å². The fourth-order valence-electron chi connectivity index (χ4n) is 5.46.